The summed E-state index contributed by atoms with van der Waals surface area (Å²) in [7, 11) is 0. The van der Waals surface area contributed by atoms with Crippen LogP contribution in [0, 0.1) is 11.3 Å². The Morgan fingerprint density at radius 3 is 2.39 bits per heavy atom. The van der Waals surface area contributed by atoms with Crippen molar-refractivity contribution in [2.45, 2.75) is 52.7 Å². The summed E-state index contributed by atoms with van der Waals surface area (Å²) < 4.78 is 6.11. The van der Waals surface area contributed by atoms with Gasteiger partial charge >= 0.3 is 0 Å². The summed E-state index contributed by atoms with van der Waals surface area (Å²) >= 11 is 0. The molecule has 2 rings (SSSR count). The molecular weight excluding hydrogens is 224 g/mol. The van der Waals surface area contributed by atoms with E-state index in [0.29, 0.717) is 0 Å². The number of hydrogen-bond donors (Lipinski definition) is 1. The molecule has 0 spiro atoms. The lowest BCUT2D eigenvalue weighted by Gasteiger charge is -2.45. The molecule has 0 bridgehead atoms. The van der Waals surface area contributed by atoms with Crippen molar-refractivity contribution in [3.63, 3.8) is 0 Å². The van der Waals surface area contributed by atoms with E-state index in [1.807, 2.05) is 0 Å². The van der Waals surface area contributed by atoms with Crippen molar-refractivity contribution >= 4 is 0 Å². The van der Waals surface area contributed by atoms with E-state index in [1.165, 1.54) is 38.9 Å². The van der Waals surface area contributed by atoms with Gasteiger partial charge in [-0.05, 0) is 51.7 Å². The zero-order chi connectivity index (χ0) is 13.2. The van der Waals surface area contributed by atoms with Gasteiger partial charge in [-0.25, -0.2) is 0 Å². The maximum atomic E-state index is 6.11. The Labute approximate surface area is 112 Å². The quantitative estimate of drug-likeness (QED) is 0.837. The van der Waals surface area contributed by atoms with Gasteiger partial charge in [0.1, 0.15) is 5.72 Å². The Morgan fingerprint density at radius 1 is 1.22 bits per heavy atom. The van der Waals surface area contributed by atoms with E-state index in [1.54, 1.807) is 0 Å². The van der Waals surface area contributed by atoms with E-state index in [4.69, 9.17) is 4.74 Å². The number of ether oxygens (including phenoxy) is 1. The molecule has 2 heterocycles. The minimum Gasteiger partial charge on any atom is -0.360 e. The summed E-state index contributed by atoms with van der Waals surface area (Å²) in [5.74, 6) is 0.825. The summed E-state index contributed by atoms with van der Waals surface area (Å²) in [6.07, 6.45) is 3.83. The fourth-order valence-electron chi connectivity index (χ4n) is 3.07. The van der Waals surface area contributed by atoms with Crippen LogP contribution >= 0.6 is 0 Å². The Balaban J connectivity index is 1.79. The summed E-state index contributed by atoms with van der Waals surface area (Å²) in [5, 5.41) is 3.62. The summed E-state index contributed by atoms with van der Waals surface area (Å²) in [6.45, 7) is 14.7. The van der Waals surface area contributed by atoms with E-state index in [-0.39, 0.29) is 11.1 Å². The molecular formula is C15H30N2O. The lowest BCUT2D eigenvalue weighted by molar-refractivity contribution is -0.138. The predicted octanol–water partition coefficient (Wildman–Crippen LogP) is 2.47. The van der Waals surface area contributed by atoms with E-state index in [2.05, 4.69) is 37.9 Å². The first-order valence-electron chi connectivity index (χ1n) is 7.54. The van der Waals surface area contributed by atoms with Gasteiger partial charge in [-0.3, -0.25) is 5.32 Å². The monoisotopic (exact) mass is 254 g/mol. The minimum atomic E-state index is -0.0887. The molecule has 0 saturated carbocycles. The van der Waals surface area contributed by atoms with Gasteiger partial charge in [0, 0.05) is 12.0 Å². The van der Waals surface area contributed by atoms with Gasteiger partial charge in [0.2, 0.25) is 0 Å². The molecule has 0 radical (unpaired) electrons. The number of nitrogens with zero attached hydrogens (tertiary/aromatic N) is 1. The molecule has 18 heavy (non-hydrogen) atoms. The Kier molecular flexibility index (Phi) is 4.35. The fraction of sp³-hybridized carbons (Fsp3) is 1.00. The van der Waals surface area contributed by atoms with Crippen LogP contribution in [0.15, 0.2) is 0 Å². The Morgan fingerprint density at radius 2 is 1.89 bits per heavy atom. The van der Waals surface area contributed by atoms with Crippen LogP contribution in [0.5, 0.6) is 0 Å². The summed E-state index contributed by atoms with van der Waals surface area (Å²) in [5.41, 5.74) is 0.194. The van der Waals surface area contributed by atoms with Crippen LogP contribution in [0.25, 0.3) is 0 Å². The molecule has 0 amide bonds. The second-order valence-electron chi connectivity index (χ2n) is 7.12. The number of rotatable bonds is 3. The SMILES string of the molecule is CCN1CCC(CC2(C)NCC(C)(C)CO2)CC1. The van der Waals surface area contributed by atoms with Crippen LogP contribution in [0.4, 0.5) is 0 Å². The topological polar surface area (TPSA) is 24.5 Å². The molecule has 1 N–H and O–H groups in total. The molecule has 1 unspecified atom stereocenters. The zero-order valence-corrected chi connectivity index (χ0v) is 12.6. The summed E-state index contributed by atoms with van der Waals surface area (Å²) in [6, 6.07) is 0. The highest BCUT2D eigenvalue weighted by molar-refractivity contribution is 4.87. The maximum Gasteiger partial charge on any atom is 0.116 e. The molecule has 3 nitrogen and oxygen atoms in total. The number of likely N-dealkylation sites (tertiary alicyclic amines) is 1. The lowest BCUT2D eigenvalue weighted by atomic mass is 9.86. The van der Waals surface area contributed by atoms with Crippen molar-refractivity contribution in [3.8, 4) is 0 Å². The van der Waals surface area contributed by atoms with E-state index >= 15 is 0 Å². The van der Waals surface area contributed by atoms with Crippen molar-refractivity contribution in [2.24, 2.45) is 11.3 Å². The first-order chi connectivity index (χ1) is 8.42. The molecule has 1 atom stereocenters. The Hall–Kier alpha value is -0.120. The second kappa shape index (κ2) is 5.48. The molecule has 2 aliphatic rings. The van der Waals surface area contributed by atoms with Gasteiger partial charge in [-0.15, -0.1) is 0 Å². The first kappa shape index (κ1) is 14.3. The molecule has 0 aromatic rings. The van der Waals surface area contributed by atoms with Crippen molar-refractivity contribution < 1.29 is 4.74 Å². The molecule has 0 aromatic carbocycles. The van der Waals surface area contributed by atoms with Gasteiger partial charge < -0.3 is 9.64 Å². The van der Waals surface area contributed by atoms with Gasteiger partial charge in [0.05, 0.1) is 6.61 Å². The molecule has 2 fully saturated rings. The lowest BCUT2D eigenvalue weighted by Crippen LogP contribution is -2.56. The van der Waals surface area contributed by atoms with Gasteiger partial charge in [0.25, 0.3) is 0 Å². The summed E-state index contributed by atoms with van der Waals surface area (Å²) in [4.78, 5) is 2.55. The highest BCUT2D eigenvalue weighted by Gasteiger charge is 2.37. The van der Waals surface area contributed by atoms with Gasteiger partial charge in [0.15, 0.2) is 0 Å². The Bertz CT molecular complexity index is 260. The molecule has 106 valence electrons. The zero-order valence-electron chi connectivity index (χ0n) is 12.6. The van der Waals surface area contributed by atoms with E-state index in [9.17, 15) is 0 Å². The third-order valence-electron chi connectivity index (χ3n) is 4.55. The van der Waals surface area contributed by atoms with Crippen molar-refractivity contribution in [3.05, 3.63) is 0 Å². The third-order valence-corrected chi connectivity index (χ3v) is 4.55. The van der Waals surface area contributed by atoms with E-state index in [0.717, 1.165) is 19.1 Å². The van der Waals surface area contributed by atoms with Crippen LogP contribution in [-0.2, 0) is 4.74 Å². The molecule has 2 saturated heterocycles. The van der Waals surface area contributed by atoms with Gasteiger partial charge in [-0.1, -0.05) is 20.8 Å². The van der Waals surface area contributed by atoms with E-state index < -0.39 is 0 Å². The molecule has 0 aromatic heterocycles. The maximum absolute atomic E-state index is 6.11. The number of piperidine rings is 1. The minimum absolute atomic E-state index is 0.0887. The number of hydrogen-bond acceptors (Lipinski definition) is 3. The molecule has 3 heteroatoms. The largest absolute Gasteiger partial charge is 0.360 e. The fourth-order valence-corrected chi connectivity index (χ4v) is 3.07. The average molecular weight is 254 g/mol. The highest BCUT2D eigenvalue weighted by atomic mass is 16.5. The van der Waals surface area contributed by atoms with Gasteiger partial charge in [-0.2, -0.15) is 0 Å². The standard InChI is InChI=1S/C15H30N2O/c1-5-17-8-6-13(7-9-17)10-15(4)16-11-14(2,3)12-18-15/h13,16H,5-12H2,1-4H3. The van der Waals surface area contributed by atoms with Crippen LogP contribution in [-0.4, -0.2) is 43.4 Å². The van der Waals surface area contributed by atoms with Crippen molar-refractivity contribution in [1.29, 1.82) is 0 Å². The number of nitrogens with one attached hydrogen (secondary N) is 1. The molecule has 0 aliphatic carbocycles. The molecule has 2 aliphatic heterocycles. The predicted molar refractivity (Wildman–Crippen MR) is 75.6 cm³/mol. The van der Waals surface area contributed by atoms with Crippen LogP contribution < -0.4 is 5.32 Å². The van der Waals surface area contributed by atoms with Crippen LogP contribution in [0.1, 0.15) is 47.0 Å². The average Bonchev–Trinajstić information content (AvgIpc) is 2.35. The first-order valence-corrected chi connectivity index (χ1v) is 7.54. The smallest absolute Gasteiger partial charge is 0.116 e. The second-order valence-corrected chi connectivity index (χ2v) is 7.12. The van der Waals surface area contributed by atoms with Crippen molar-refractivity contribution in [2.75, 3.05) is 32.8 Å². The van der Waals surface area contributed by atoms with Crippen LogP contribution in [0.3, 0.4) is 0 Å². The van der Waals surface area contributed by atoms with Crippen molar-refractivity contribution in [1.82, 2.24) is 10.2 Å². The third kappa shape index (κ3) is 3.69. The van der Waals surface area contributed by atoms with Crippen LogP contribution in [0.2, 0.25) is 0 Å². The highest BCUT2D eigenvalue weighted by Crippen LogP contribution is 2.32. The normalized spacial score (nSPS) is 34.7.